The zero-order chi connectivity index (χ0) is 29.9. The molecule has 4 saturated carbocycles. The number of ether oxygens (including phenoxy) is 1. The van der Waals surface area contributed by atoms with Crippen molar-refractivity contribution in [2.75, 3.05) is 4.90 Å². The Morgan fingerprint density at radius 2 is 1.47 bits per heavy atom. The highest BCUT2D eigenvalue weighted by molar-refractivity contribution is 6.40. The number of imide groups is 2. The van der Waals surface area contributed by atoms with Crippen LogP contribution < -0.4 is 15.0 Å². The third-order valence-electron chi connectivity index (χ3n) is 9.51. The summed E-state index contributed by atoms with van der Waals surface area (Å²) in [6.45, 7) is 0.111. The maximum atomic E-state index is 13.5. The molecule has 5 fully saturated rings. The summed E-state index contributed by atoms with van der Waals surface area (Å²) >= 11 is 12.9. The van der Waals surface area contributed by atoms with Crippen molar-refractivity contribution in [1.29, 1.82) is 0 Å². The van der Waals surface area contributed by atoms with Crippen LogP contribution in [0.3, 0.4) is 0 Å². The van der Waals surface area contributed by atoms with Gasteiger partial charge in [0, 0.05) is 0 Å². The zero-order valence-electron chi connectivity index (χ0n) is 23.2. The molecule has 1 heterocycles. The Morgan fingerprint density at radius 1 is 0.884 bits per heavy atom. The molecule has 1 saturated heterocycles. The molecule has 0 radical (unpaired) electrons. The van der Waals surface area contributed by atoms with Crippen molar-refractivity contribution in [3.8, 4) is 5.75 Å². The molecule has 4 bridgehead atoms. The lowest BCUT2D eigenvalue weighted by Gasteiger charge is -2.57. The lowest BCUT2D eigenvalue weighted by molar-refractivity contribution is -0.122. The van der Waals surface area contributed by atoms with Gasteiger partial charge in [0.2, 0.25) is 0 Å². The molecule has 1 aliphatic heterocycles. The van der Waals surface area contributed by atoms with E-state index in [1.54, 1.807) is 24.3 Å². The minimum atomic E-state index is -0.805. The molecule has 0 unspecified atom stereocenters. The van der Waals surface area contributed by atoms with E-state index in [0.717, 1.165) is 28.2 Å². The average Bonchev–Trinajstić information content (AvgIpc) is 2.95. The van der Waals surface area contributed by atoms with E-state index in [-0.39, 0.29) is 39.2 Å². The predicted molar refractivity (Wildman–Crippen MR) is 162 cm³/mol. The van der Waals surface area contributed by atoms with E-state index in [2.05, 4.69) is 5.32 Å². The molecule has 43 heavy (non-hydrogen) atoms. The molecule has 6 nitrogen and oxygen atoms in total. The minimum Gasteiger partial charge on any atom is -0.486 e. The van der Waals surface area contributed by atoms with Gasteiger partial charge in [0.1, 0.15) is 18.0 Å². The molecule has 0 aromatic heterocycles. The van der Waals surface area contributed by atoms with Crippen LogP contribution in [-0.2, 0) is 21.6 Å². The molecule has 4 aliphatic carbocycles. The minimum absolute atomic E-state index is 0.111. The zero-order valence-corrected chi connectivity index (χ0v) is 24.8. The first-order valence-electron chi connectivity index (χ1n) is 14.6. The van der Waals surface area contributed by atoms with Crippen LogP contribution in [0.2, 0.25) is 10.0 Å². The monoisotopic (exact) mass is 618 g/mol. The molecule has 5 aliphatic rings. The normalized spacial score (nSPS) is 27.1. The van der Waals surface area contributed by atoms with Gasteiger partial charge in [0.05, 0.1) is 15.7 Å². The number of nitrogens with zero attached hydrogens (tertiary/aromatic N) is 1. The van der Waals surface area contributed by atoms with E-state index >= 15 is 0 Å². The second-order valence-corrected chi connectivity index (χ2v) is 13.2. The quantitative estimate of drug-likeness (QED) is 0.225. The third kappa shape index (κ3) is 5.23. The van der Waals surface area contributed by atoms with Crippen molar-refractivity contribution in [1.82, 2.24) is 5.32 Å². The lowest BCUT2D eigenvalue weighted by Crippen LogP contribution is -2.54. The topological polar surface area (TPSA) is 75.7 Å². The Balaban J connectivity index is 1.11. The summed E-state index contributed by atoms with van der Waals surface area (Å²) in [4.78, 5) is 40.1. The molecular weight excluding hydrogens is 590 g/mol. The summed E-state index contributed by atoms with van der Waals surface area (Å²) in [5.41, 5.74) is 2.74. The number of hydrogen-bond donors (Lipinski definition) is 1. The molecule has 4 amide bonds. The van der Waals surface area contributed by atoms with Crippen molar-refractivity contribution in [3.63, 3.8) is 0 Å². The number of amides is 4. The summed E-state index contributed by atoms with van der Waals surface area (Å²) in [6.07, 6.45) is 9.04. The van der Waals surface area contributed by atoms with Gasteiger partial charge in [-0.2, -0.15) is 0 Å². The van der Waals surface area contributed by atoms with Gasteiger partial charge in [-0.05, 0) is 121 Å². The van der Waals surface area contributed by atoms with Gasteiger partial charge in [0.25, 0.3) is 11.8 Å². The second-order valence-electron chi connectivity index (χ2n) is 12.4. The van der Waals surface area contributed by atoms with E-state index in [4.69, 9.17) is 27.9 Å². The first-order valence-corrected chi connectivity index (χ1v) is 15.3. The number of rotatable bonds is 6. The molecule has 220 valence electrons. The summed E-state index contributed by atoms with van der Waals surface area (Å²) in [5, 5.41) is 2.61. The molecule has 3 aromatic rings. The van der Waals surface area contributed by atoms with E-state index in [1.807, 2.05) is 12.1 Å². The third-order valence-corrected chi connectivity index (χ3v) is 10.1. The number of barbiturate groups is 1. The molecule has 3 aromatic carbocycles. The van der Waals surface area contributed by atoms with Crippen molar-refractivity contribution >= 4 is 52.8 Å². The molecule has 0 spiro atoms. The smallest absolute Gasteiger partial charge is 0.335 e. The van der Waals surface area contributed by atoms with Crippen LogP contribution in [0.15, 0.2) is 66.2 Å². The van der Waals surface area contributed by atoms with Crippen molar-refractivity contribution in [3.05, 3.63) is 98.8 Å². The van der Waals surface area contributed by atoms with Crippen LogP contribution >= 0.6 is 23.2 Å². The summed E-state index contributed by atoms with van der Waals surface area (Å²) < 4.78 is 18.9. The number of nitrogens with one attached hydrogen (secondary N) is 1. The number of carbonyl (C=O) groups is 3. The van der Waals surface area contributed by atoms with Crippen molar-refractivity contribution in [2.24, 2.45) is 17.8 Å². The van der Waals surface area contributed by atoms with Crippen molar-refractivity contribution in [2.45, 2.75) is 50.5 Å². The number of benzene rings is 3. The van der Waals surface area contributed by atoms with Crippen LogP contribution in [0.4, 0.5) is 14.9 Å². The van der Waals surface area contributed by atoms with Gasteiger partial charge in [-0.15, -0.1) is 0 Å². The summed E-state index contributed by atoms with van der Waals surface area (Å²) in [7, 11) is 0. The van der Waals surface area contributed by atoms with Gasteiger partial charge >= 0.3 is 6.03 Å². The van der Waals surface area contributed by atoms with Crippen LogP contribution in [0.1, 0.15) is 55.2 Å². The van der Waals surface area contributed by atoms with Gasteiger partial charge < -0.3 is 4.74 Å². The average molecular weight is 620 g/mol. The van der Waals surface area contributed by atoms with E-state index in [0.29, 0.717) is 11.3 Å². The fourth-order valence-electron chi connectivity index (χ4n) is 8.02. The maximum Gasteiger partial charge on any atom is 0.335 e. The Hall–Kier alpha value is -3.68. The molecule has 9 heteroatoms. The molecular formula is C34H29Cl2FN2O4. The van der Waals surface area contributed by atoms with Crippen LogP contribution in [-0.4, -0.2) is 17.8 Å². The summed E-state index contributed by atoms with van der Waals surface area (Å²) in [6, 6.07) is 15.8. The molecule has 8 rings (SSSR count). The summed E-state index contributed by atoms with van der Waals surface area (Å²) in [5.74, 6) is 0.725. The van der Waals surface area contributed by atoms with Crippen LogP contribution in [0.25, 0.3) is 6.08 Å². The van der Waals surface area contributed by atoms with Gasteiger partial charge in [0.15, 0.2) is 5.75 Å². The maximum absolute atomic E-state index is 13.5. The van der Waals surface area contributed by atoms with Crippen molar-refractivity contribution < 1.29 is 23.5 Å². The Bertz CT molecular complexity index is 1610. The first kappa shape index (κ1) is 28.1. The lowest BCUT2D eigenvalue weighted by atomic mass is 9.48. The highest BCUT2D eigenvalue weighted by Gasteiger charge is 2.51. The van der Waals surface area contributed by atoms with E-state index in [9.17, 15) is 18.8 Å². The predicted octanol–water partition coefficient (Wildman–Crippen LogP) is 7.85. The number of hydrogen-bond acceptors (Lipinski definition) is 4. The highest BCUT2D eigenvalue weighted by Crippen LogP contribution is 2.60. The number of carbonyl (C=O) groups excluding carboxylic acids is 3. The molecule has 1 N–H and O–H groups in total. The van der Waals surface area contributed by atoms with Crippen LogP contribution in [0, 0.1) is 23.6 Å². The fourth-order valence-corrected chi connectivity index (χ4v) is 8.64. The number of anilines is 1. The van der Waals surface area contributed by atoms with Crippen LogP contribution in [0.5, 0.6) is 5.75 Å². The SMILES string of the molecule is O=C1NC(=O)N(c2ccc(C34CC5CC(CC(C5)C3)C4)cc2)C(=O)/C1=C/c1cc(Cl)c(OCc2ccc(F)cc2)c(Cl)c1. The Labute approximate surface area is 258 Å². The standard InChI is InChI=1S/C34H29Cl2FN2O4/c35-28-13-20(14-29(36)30(28)43-18-19-1-5-25(37)6-2-19)12-27-31(40)38-33(42)39(32(27)41)26-7-3-24(4-8-26)34-15-21-9-22(16-34)11-23(10-21)17-34/h1-8,12-14,21-23H,9-11,15-18H2,(H,38,40,42)/b27-12+. The first-order chi connectivity index (χ1) is 20.7. The van der Waals surface area contributed by atoms with Gasteiger partial charge in [-0.3, -0.25) is 14.9 Å². The van der Waals surface area contributed by atoms with Gasteiger partial charge in [-0.25, -0.2) is 14.1 Å². The number of urea groups is 1. The molecule has 0 atom stereocenters. The largest absolute Gasteiger partial charge is 0.486 e. The Morgan fingerprint density at radius 3 is 2.05 bits per heavy atom. The van der Waals surface area contributed by atoms with E-state index < -0.39 is 17.8 Å². The second kappa shape index (κ2) is 10.8. The van der Waals surface area contributed by atoms with Gasteiger partial charge in [-0.1, -0.05) is 47.5 Å². The number of halogens is 3. The Kier molecular flexibility index (Phi) is 7.06. The highest BCUT2D eigenvalue weighted by atomic mass is 35.5. The fraction of sp³-hybridized carbons (Fsp3) is 0.324. The van der Waals surface area contributed by atoms with E-state index in [1.165, 1.54) is 74.4 Å².